The van der Waals surface area contributed by atoms with Crippen LogP contribution in [0.3, 0.4) is 0 Å². The molecule has 0 radical (unpaired) electrons. The van der Waals surface area contributed by atoms with Gasteiger partial charge in [-0.3, -0.25) is 9.59 Å². The summed E-state index contributed by atoms with van der Waals surface area (Å²) in [6.45, 7) is 10.2. The molecule has 0 aromatic rings. The van der Waals surface area contributed by atoms with Gasteiger partial charge in [0.05, 0.1) is 15.9 Å². The summed E-state index contributed by atoms with van der Waals surface area (Å²) >= 11 is 0. The fourth-order valence-corrected chi connectivity index (χ4v) is 5.09. The molecule has 0 bridgehead atoms. The number of hydrogen-bond acceptors (Lipinski definition) is 6. The van der Waals surface area contributed by atoms with Crippen LogP contribution in [0, 0.1) is 11.3 Å². The van der Waals surface area contributed by atoms with Crippen LogP contribution < -0.4 is 10.6 Å². The van der Waals surface area contributed by atoms with Gasteiger partial charge in [0.25, 0.3) is 0 Å². The van der Waals surface area contributed by atoms with Crippen molar-refractivity contribution in [2.24, 2.45) is 11.3 Å². The number of carboxylic acids is 1. The Morgan fingerprint density at radius 1 is 0.914 bits per heavy atom. The Kier molecular flexibility index (Phi) is 14.7. The highest BCUT2D eigenvalue weighted by Gasteiger charge is 2.36. The smallest absolute Gasteiger partial charge is 0.326 e. The van der Waals surface area contributed by atoms with Crippen molar-refractivity contribution in [1.82, 2.24) is 10.6 Å². The molecule has 0 aliphatic carbocycles. The van der Waals surface area contributed by atoms with Crippen LogP contribution >= 0.6 is 0 Å². The van der Waals surface area contributed by atoms with E-state index in [9.17, 15) is 32.5 Å². The first-order chi connectivity index (χ1) is 16.0. The molecule has 35 heavy (non-hydrogen) atoms. The molecule has 2 amide bonds. The van der Waals surface area contributed by atoms with E-state index in [1.54, 1.807) is 20.8 Å². The third kappa shape index (κ3) is 15.1. The first kappa shape index (κ1) is 33.3. The maximum Gasteiger partial charge on any atom is 0.326 e. The van der Waals surface area contributed by atoms with Crippen molar-refractivity contribution in [2.45, 2.75) is 124 Å². The van der Waals surface area contributed by atoms with Gasteiger partial charge in [0, 0.05) is 16.9 Å². The van der Waals surface area contributed by atoms with E-state index >= 15 is 0 Å². The minimum absolute atomic E-state index is 0.144. The molecule has 3 N–H and O–H groups in total. The second kappa shape index (κ2) is 15.4. The quantitative estimate of drug-likeness (QED) is 0.172. The van der Waals surface area contributed by atoms with Crippen molar-refractivity contribution < 1.29 is 32.5 Å². The van der Waals surface area contributed by atoms with E-state index in [-0.39, 0.29) is 6.42 Å². The van der Waals surface area contributed by atoms with Crippen LogP contribution in [0.4, 0.5) is 0 Å². The van der Waals surface area contributed by atoms with Crippen LogP contribution in [0.5, 0.6) is 0 Å². The molecular formula is C25H47N2O7S-. The maximum atomic E-state index is 12.9. The minimum atomic E-state index is -4.53. The number of unbranched alkanes of at least 4 members (excludes halogenated alkanes) is 7. The molecule has 0 heterocycles. The van der Waals surface area contributed by atoms with Gasteiger partial charge in [-0.25, -0.2) is 13.2 Å². The zero-order chi connectivity index (χ0) is 27.3. The molecule has 0 aliphatic heterocycles. The van der Waals surface area contributed by atoms with Gasteiger partial charge in [-0.1, -0.05) is 79.1 Å². The molecule has 10 heteroatoms. The minimum Gasteiger partial charge on any atom is -0.748 e. The predicted octanol–water partition coefficient (Wildman–Crippen LogP) is 3.97. The lowest BCUT2D eigenvalue weighted by molar-refractivity contribution is -0.144. The summed E-state index contributed by atoms with van der Waals surface area (Å²) in [5.41, 5.74) is -2.28. The molecule has 2 atom stereocenters. The molecule has 0 aliphatic rings. The lowest BCUT2D eigenvalue weighted by Crippen LogP contribution is -2.52. The molecule has 0 saturated carbocycles. The summed E-state index contributed by atoms with van der Waals surface area (Å²) in [5.74, 6) is -3.33. The molecular weight excluding hydrogens is 472 g/mol. The summed E-state index contributed by atoms with van der Waals surface area (Å²) in [7, 11) is -4.53. The van der Waals surface area contributed by atoms with Crippen molar-refractivity contribution in [3.63, 3.8) is 0 Å². The normalized spacial score (nSPS) is 14.3. The van der Waals surface area contributed by atoms with Crippen LogP contribution in [0.2, 0.25) is 0 Å². The number of carbonyl (C=O) groups excluding carboxylic acids is 2. The number of amides is 2. The highest BCUT2D eigenvalue weighted by molar-refractivity contribution is 7.85. The summed E-state index contributed by atoms with van der Waals surface area (Å²) < 4.78 is 33.3. The molecule has 0 saturated heterocycles. The second-order valence-electron chi connectivity index (χ2n) is 10.9. The fraction of sp³-hybridized carbons (Fsp3) is 0.880. The van der Waals surface area contributed by atoms with Crippen LogP contribution in [-0.2, 0) is 24.5 Å². The Hall–Kier alpha value is -1.68. The lowest BCUT2D eigenvalue weighted by atomic mass is 9.80. The third-order valence-electron chi connectivity index (χ3n) is 6.18. The fourth-order valence-electron chi connectivity index (χ4n) is 4.14. The number of carbonyl (C=O) groups is 3. The van der Waals surface area contributed by atoms with Crippen LogP contribution in [0.1, 0.15) is 112 Å². The number of hydrogen-bond donors (Lipinski definition) is 3. The molecule has 206 valence electrons. The summed E-state index contributed by atoms with van der Waals surface area (Å²) in [6.07, 6.45) is 9.55. The van der Waals surface area contributed by atoms with E-state index in [2.05, 4.69) is 17.6 Å². The third-order valence-corrected chi connectivity index (χ3v) is 7.26. The van der Waals surface area contributed by atoms with Crippen LogP contribution in [0.25, 0.3) is 0 Å². The lowest BCUT2D eigenvalue weighted by Gasteiger charge is -2.32. The number of carboxylic acid groups (broad SMARTS) is 1. The zero-order valence-corrected chi connectivity index (χ0v) is 23.3. The monoisotopic (exact) mass is 519 g/mol. The highest BCUT2D eigenvalue weighted by atomic mass is 32.2. The molecule has 9 nitrogen and oxygen atoms in total. The topological polar surface area (TPSA) is 153 Å². The van der Waals surface area contributed by atoms with Gasteiger partial charge in [0.15, 0.2) is 0 Å². The molecule has 0 spiro atoms. The standard InChI is InChI=1S/C25H48N2O7S/c1-7-9-10-11-12-13-14-15-16-20(22(29)30)26-23(31)24(3,4)17-19(8-2)21(28)27-25(5,6)18-35(32,33)34/h19-20H,7-18H2,1-6H3,(H,26,31)(H,27,28)(H,29,30)(H,32,33,34)/p-1. The van der Waals surface area contributed by atoms with Crippen molar-refractivity contribution in [3.05, 3.63) is 0 Å². The molecule has 0 aromatic carbocycles. The van der Waals surface area contributed by atoms with E-state index in [1.165, 1.54) is 39.5 Å². The van der Waals surface area contributed by atoms with Gasteiger partial charge in [-0.05, 0) is 33.1 Å². The molecule has 0 rings (SSSR count). The number of rotatable bonds is 19. The van der Waals surface area contributed by atoms with Gasteiger partial charge in [-0.2, -0.15) is 0 Å². The van der Waals surface area contributed by atoms with Gasteiger partial charge in [0.1, 0.15) is 6.04 Å². The Morgan fingerprint density at radius 3 is 1.89 bits per heavy atom. The molecule has 2 unspecified atom stereocenters. The van der Waals surface area contributed by atoms with E-state index in [0.29, 0.717) is 19.3 Å². The van der Waals surface area contributed by atoms with Crippen molar-refractivity contribution in [1.29, 1.82) is 0 Å². The van der Waals surface area contributed by atoms with Gasteiger partial charge >= 0.3 is 5.97 Å². The Morgan fingerprint density at radius 2 is 1.43 bits per heavy atom. The predicted molar refractivity (Wildman–Crippen MR) is 136 cm³/mol. The average molecular weight is 520 g/mol. The number of nitrogens with one attached hydrogen (secondary N) is 2. The SMILES string of the molecule is CCCCCCCCCCC(NC(=O)C(C)(C)CC(CC)C(=O)NC(C)(C)CS(=O)(=O)[O-])C(=O)O. The van der Waals surface area contributed by atoms with E-state index < -0.39 is 56.6 Å². The first-order valence-electron chi connectivity index (χ1n) is 12.8. The molecule has 0 fully saturated rings. The maximum absolute atomic E-state index is 12.9. The van der Waals surface area contributed by atoms with E-state index in [0.717, 1.165) is 19.3 Å². The largest absolute Gasteiger partial charge is 0.748 e. The molecule has 0 aromatic heterocycles. The van der Waals surface area contributed by atoms with E-state index in [4.69, 9.17) is 0 Å². The Balaban J connectivity index is 4.88. The van der Waals surface area contributed by atoms with Crippen LogP contribution in [0.15, 0.2) is 0 Å². The summed E-state index contributed by atoms with van der Waals surface area (Å²) in [6, 6.07) is -0.989. The van der Waals surface area contributed by atoms with Crippen molar-refractivity contribution in [2.75, 3.05) is 5.75 Å². The average Bonchev–Trinajstić information content (AvgIpc) is 2.70. The van der Waals surface area contributed by atoms with Crippen molar-refractivity contribution in [3.8, 4) is 0 Å². The van der Waals surface area contributed by atoms with Gasteiger partial charge in [-0.15, -0.1) is 0 Å². The summed E-state index contributed by atoms with van der Waals surface area (Å²) in [5, 5.41) is 14.8. The summed E-state index contributed by atoms with van der Waals surface area (Å²) in [4.78, 5) is 37.4. The van der Waals surface area contributed by atoms with Crippen molar-refractivity contribution >= 4 is 27.9 Å². The van der Waals surface area contributed by atoms with Gasteiger partial charge < -0.3 is 20.3 Å². The second-order valence-corrected chi connectivity index (χ2v) is 12.3. The Bertz CT molecular complexity index is 779. The Labute approximate surface area is 212 Å². The van der Waals surface area contributed by atoms with Gasteiger partial charge in [0.2, 0.25) is 11.8 Å². The van der Waals surface area contributed by atoms with Crippen LogP contribution in [-0.4, -0.2) is 53.2 Å². The van der Waals surface area contributed by atoms with E-state index in [1.807, 2.05) is 0 Å². The zero-order valence-electron chi connectivity index (χ0n) is 22.4. The first-order valence-corrected chi connectivity index (χ1v) is 14.4. The number of aliphatic carboxylic acids is 1. The highest BCUT2D eigenvalue weighted by Crippen LogP contribution is 2.29.